The van der Waals surface area contributed by atoms with Crippen molar-refractivity contribution >= 4 is 5.91 Å². The van der Waals surface area contributed by atoms with Crippen molar-refractivity contribution in [3.05, 3.63) is 23.7 Å². The molecule has 0 saturated heterocycles. The topological polar surface area (TPSA) is 94.3 Å². The lowest BCUT2D eigenvalue weighted by atomic mass is 9.90. The number of rotatable bonds is 6. The van der Waals surface area contributed by atoms with E-state index in [1.807, 2.05) is 6.92 Å². The monoisotopic (exact) mass is 253 g/mol. The first-order valence-corrected chi connectivity index (χ1v) is 6.20. The summed E-state index contributed by atoms with van der Waals surface area (Å²) in [5, 5.41) is 2.96. The first-order valence-electron chi connectivity index (χ1n) is 6.20. The Hall–Kier alpha value is -1.33. The molecule has 0 aliphatic rings. The molecule has 102 valence electrons. The number of hydrogen-bond donors (Lipinski definition) is 3. The van der Waals surface area contributed by atoms with Crippen molar-refractivity contribution < 1.29 is 9.21 Å². The zero-order valence-electron chi connectivity index (χ0n) is 11.3. The molecule has 5 N–H and O–H groups in total. The fraction of sp³-hybridized carbons (Fsp3) is 0.615. The SMILES string of the molecule is CC(C)CC(C)(CN)NC(=O)c1coc(CN)c1. The molecule has 1 aromatic rings. The van der Waals surface area contributed by atoms with Gasteiger partial charge in [0.1, 0.15) is 12.0 Å². The summed E-state index contributed by atoms with van der Waals surface area (Å²) in [4.78, 5) is 12.1. The van der Waals surface area contributed by atoms with Gasteiger partial charge in [0.15, 0.2) is 0 Å². The summed E-state index contributed by atoms with van der Waals surface area (Å²) in [7, 11) is 0. The molecular formula is C13H23N3O2. The zero-order valence-corrected chi connectivity index (χ0v) is 11.3. The molecular weight excluding hydrogens is 230 g/mol. The smallest absolute Gasteiger partial charge is 0.255 e. The number of hydrogen-bond acceptors (Lipinski definition) is 4. The van der Waals surface area contributed by atoms with Gasteiger partial charge < -0.3 is 21.2 Å². The van der Waals surface area contributed by atoms with Crippen LogP contribution in [-0.2, 0) is 6.54 Å². The highest BCUT2D eigenvalue weighted by atomic mass is 16.3. The molecule has 0 aromatic carbocycles. The van der Waals surface area contributed by atoms with Gasteiger partial charge in [-0.25, -0.2) is 0 Å². The molecule has 0 saturated carbocycles. The minimum absolute atomic E-state index is 0.174. The van der Waals surface area contributed by atoms with Crippen LogP contribution in [0.5, 0.6) is 0 Å². The van der Waals surface area contributed by atoms with Crippen LogP contribution in [0.3, 0.4) is 0 Å². The minimum Gasteiger partial charge on any atom is -0.467 e. The van der Waals surface area contributed by atoms with Crippen LogP contribution >= 0.6 is 0 Å². The molecule has 1 heterocycles. The Morgan fingerprint density at radius 1 is 1.50 bits per heavy atom. The van der Waals surface area contributed by atoms with Gasteiger partial charge in [-0.15, -0.1) is 0 Å². The zero-order chi connectivity index (χ0) is 13.8. The van der Waals surface area contributed by atoms with E-state index >= 15 is 0 Å². The van der Waals surface area contributed by atoms with Crippen LogP contribution in [0.4, 0.5) is 0 Å². The second-order valence-corrected chi connectivity index (χ2v) is 5.32. The summed E-state index contributed by atoms with van der Waals surface area (Å²) in [5.41, 5.74) is 11.3. The number of nitrogens with one attached hydrogen (secondary N) is 1. The van der Waals surface area contributed by atoms with E-state index in [1.165, 1.54) is 6.26 Å². The Labute approximate surface area is 108 Å². The van der Waals surface area contributed by atoms with Crippen LogP contribution in [0.2, 0.25) is 0 Å². The van der Waals surface area contributed by atoms with E-state index in [0.29, 0.717) is 23.8 Å². The lowest BCUT2D eigenvalue weighted by molar-refractivity contribution is 0.0897. The molecule has 1 amide bonds. The maximum Gasteiger partial charge on any atom is 0.255 e. The van der Waals surface area contributed by atoms with Crippen molar-refractivity contribution in [3.8, 4) is 0 Å². The molecule has 0 bridgehead atoms. The Morgan fingerprint density at radius 2 is 2.17 bits per heavy atom. The molecule has 18 heavy (non-hydrogen) atoms. The normalized spacial score (nSPS) is 14.6. The van der Waals surface area contributed by atoms with Gasteiger partial charge in [0.2, 0.25) is 0 Å². The molecule has 0 aliphatic carbocycles. The predicted octanol–water partition coefficient (Wildman–Crippen LogP) is 1.23. The predicted molar refractivity (Wildman–Crippen MR) is 71.0 cm³/mol. The largest absolute Gasteiger partial charge is 0.467 e. The van der Waals surface area contributed by atoms with Gasteiger partial charge in [0.25, 0.3) is 5.91 Å². The van der Waals surface area contributed by atoms with Crippen LogP contribution in [0.1, 0.15) is 43.3 Å². The van der Waals surface area contributed by atoms with E-state index in [-0.39, 0.29) is 12.5 Å². The number of nitrogens with two attached hydrogens (primary N) is 2. The van der Waals surface area contributed by atoms with Gasteiger partial charge in [-0.05, 0) is 25.3 Å². The lowest BCUT2D eigenvalue weighted by Crippen LogP contribution is -2.52. The molecule has 1 aromatic heterocycles. The highest BCUT2D eigenvalue weighted by Crippen LogP contribution is 2.16. The molecule has 0 aliphatic heterocycles. The maximum absolute atomic E-state index is 12.1. The third-order valence-electron chi connectivity index (χ3n) is 2.84. The van der Waals surface area contributed by atoms with Crippen LogP contribution < -0.4 is 16.8 Å². The van der Waals surface area contributed by atoms with E-state index in [9.17, 15) is 4.79 Å². The summed E-state index contributed by atoms with van der Waals surface area (Å²) in [5.74, 6) is 0.883. The second-order valence-electron chi connectivity index (χ2n) is 5.32. The van der Waals surface area contributed by atoms with E-state index in [4.69, 9.17) is 15.9 Å². The number of furan rings is 1. The Balaban J connectivity index is 2.72. The summed E-state index contributed by atoms with van der Waals surface area (Å²) in [6.45, 7) is 6.84. The van der Waals surface area contributed by atoms with Crippen LogP contribution in [0.25, 0.3) is 0 Å². The highest BCUT2D eigenvalue weighted by Gasteiger charge is 2.26. The summed E-state index contributed by atoms with van der Waals surface area (Å²) in [6.07, 6.45) is 2.25. The molecule has 1 rings (SSSR count). The van der Waals surface area contributed by atoms with E-state index in [0.717, 1.165) is 6.42 Å². The summed E-state index contributed by atoms with van der Waals surface area (Å²) >= 11 is 0. The van der Waals surface area contributed by atoms with Crippen molar-refractivity contribution in [1.82, 2.24) is 5.32 Å². The van der Waals surface area contributed by atoms with Gasteiger partial charge >= 0.3 is 0 Å². The van der Waals surface area contributed by atoms with Crippen LogP contribution in [0, 0.1) is 5.92 Å². The van der Waals surface area contributed by atoms with Gasteiger partial charge in [-0.3, -0.25) is 4.79 Å². The summed E-state index contributed by atoms with van der Waals surface area (Å²) in [6, 6.07) is 1.65. The average molecular weight is 253 g/mol. The Kier molecular flexibility index (Phi) is 4.93. The molecule has 0 spiro atoms. The summed E-state index contributed by atoms with van der Waals surface area (Å²) < 4.78 is 5.15. The number of amides is 1. The maximum atomic E-state index is 12.1. The quantitative estimate of drug-likeness (QED) is 0.710. The third-order valence-corrected chi connectivity index (χ3v) is 2.84. The van der Waals surface area contributed by atoms with Gasteiger partial charge in [-0.1, -0.05) is 13.8 Å². The van der Waals surface area contributed by atoms with E-state index in [2.05, 4.69) is 19.2 Å². The van der Waals surface area contributed by atoms with E-state index < -0.39 is 5.54 Å². The van der Waals surface area contributed by atoms with Crippen molar-refractivity contribution in [2.24, 2.45) is 17.4 Å². The van der Waals surface area contributed by atoms with Crippen molar-refractivity contribution in [2.75, 3.05) is 6.54 Å². The first kappa shape index (κ1) is 14.7. The van der Waals surface area contributed by atoms with Gasteiger partial charge in [0.05, 0.1) is 12.1 Å². The number of carbonyl (C=O) groups is 1. The van der Waals surface area contributed by atoms with Crippen LogP contribution in [0.15, 0.2) is 16.7 Å². The van der Waals surface area contributed by atoms with Gasteiger partial charge in [-0.2, -0.15) is 0 Å². The Morgan fingerprint density at radius 3 is 2.61 bits per heavy atom. The second kappa shape index (κ2) is 6.02. The third kappa shape index (κ3) is 3.85. The molecule has 0 fully saturated rings. The average Bonchev–Trinajstić information content (AvgIpc) is 2.76. The van der Waals surface area contributed by atoms with E-state index in [1.54, 1.807) is 6.07 Å². The highest BCUT2D eigenvalue weighted by molar-refractivity contribution is 5.94. The van der Waals surface area contributed by atoms with Gasteiger partial charge in [0, 0.05) is 12.1 Å². The van der Waals surface area contributed by atoms with Crippen molar-refractivity contribution in [3.63, 3.8) is 0 Å². The fourth-order valence-corrected chi connectivity index (χ4v) is 2.04. The Bertz CT molecular complexity index is 401. The molecule has 5 nitrogen and oxygen atoms in total. The van der Waals surface area contributed by atoms with Crippen LogP contribution in [-0.4, -0.2) is 18.0 Å². The van der Waals surface area contributed by atoms with Crippen molar-refractivity contribution in [2.45, 2.75) is 39.3 Å². The lowest BCUT2D eigenvalue weighted by Gasteiger charge is -2.31. The molecule has 1 unspecified atom stereocenters. The fourth-order valence-electron chi connectivity index (χ4n) is 2.04. The number of carbonyl (C=O) groups excluding carboxylic acids is 1. The molecule has 0 radical (unpaired) electrons. The molecule has 5 heteroatoms. The first-order chi connectivity index (χ1) is 8.40. The van der Waals surface area contributed by atoms with Crippen molar-refractivity contribution in [1.29, 1.82) is 0 Å². The minimum atomic E-state index is -0.397. The molecule has 1 atom stereocenters. The standard InChI is InChI=1S/C13H23N3O2/c1-9(2)5-13(3,8-15)16-12(17)10-4-11(6-14)18-7-10/h4,7,9H,5-6,8,14-15H2,1-3H3,(H,16,17).